The van der Waals surface area contributed by atoms with Crippen molar-refractivity contribution in [3.05, 3.63) is 35.9 Å². The quantitative estimate of drug-likeness (QED) is 0.814. The van der Waals surface area contributed by atoms with Crippen LogP contribution in [-0.2, 0) is 0 Å². The minimum absolute atomic E-state index is 0.255. The summed E-state index contributed by atoms with van der Waals surface area (Å²) in [6.07, 6.45) is 3.14. The van der Waals surface area contributed by atoms with E-state index in [4.69, 9.17) is 5.26 Å². The molecule has 2 rings (SSSR count). The predicted octanol–water partition coefficient (Wildman–Crippen LogP) is 2.78. The van der Waals surface area contributed by atoms with Gasteiger partial charge in [-0.05, 0) is 31.7 Å². The van der Waals surface area contributed by atoms with Crippen LogP contribution in [0.3, 0.4) is 0 Å². The number of nitrogens with zero attached hydrogens (tertiary/aromatic N) is 1. The van der Waals surface area contributed by atoms with Crippen LogP contribution in [-0.4, -0.2) is 5.54 Å². The summed E-state index contributed by atoms with van der Waals surface area (Å²) in [4.78, 5) is 0. The first-order valence-corrected chi connectivity index (χ1v) is 5.50. The maximum Gasteiger partial charge on any atom is 0.107 e. The monoisotopic (exact) mass is 200 g/mol. The van der Waals surface area contributed by atoms with Gasteiger partial charge in [0, 0.05) is 6.04 Å². The zero-order valence-electron chi connectivity index (χ0n) is 9.03. The van der Waals surface area contributed by atoms with Crippen LogP contribution in [0.25, 0.3) is 0 Å². The molecule has 1 aliphatic rings. The van der Waals surface area contributed by atoms with Gasteiger partial charge in [-0.15, -0.1) is 0 Å². The van der Waals surface area contributed by atoms with Gasteiger partial charge in [-0.3, -0.25) is 5.32 Å². The van der Waals surface area contributed by atoms with Crippen LogP contribution in [0, 0.1) is 11.3 Å². The van der Waals surface area contributed by atoms with Crippen molar-refractivity contribution in [2.45, 2.75) is 37.8 Å². The molecule has 0 radical (unpaired) electrons. The molecule has 1 unspecified atom stereocenters. The molecule has 0 heterocycles. The molecule has 1 aromatic rings. The highest BCUT2D eigenvalue weighted by molar-refractivity contribution is 5.21. The molecule has 0 aromatic heterocycles. The van der Waals surface area contributed by atoms with Crippen LogP contribution in [0.1, 0.15) is 37.8 Å². The molecule has 1 atom stereocenters. The van der Waals surface area contributed by atoms with E-state index in [9.17, 15) is 0 Å². The van der Waals surface area contributed by atoms with Crippen molar-refractivity contribution in [3.63, 3.8) is 0 Å². The largest absolute Gasteiger partial charge is 0.293 e. The van der Waals surface area contributed by atoms with Gasteiger partial charge < -0.3 is 0 Å². The number of benzene rings is 1. The second-order valence-electron chi connectivity index (χ2n) is 4.32. The molecule has 0 bridgehead atoms. The van der Waals surface area contributed by atoms with Crippen LogP contribution in [0.4, 0.5) is 0 Å². The number of hydrogen-bond donors (Lipinski definition) is 1. The first-order valence-electron chi connectivity index (χ1n) is 5.50. The van der Waals surface area contributed by atoms with E-state index in [1.807, 2.05) is 18.2 Å². The molecule has 0 saturated heterocycles. The summed E-state index contributed by atoms with van der Waals surface area (Å²) in [6.45, 7) is 2.12. The van der Waals surface area contributed by atoms with Crippen molar-refractivity contribution in [3.8, 4) is 6.07 Å². The number of hydrogen-bond acceptors (Lipinski definition) is 2. The lowest BCUT2D eigenvalue weighted by Gasteiger charge is -2.38. The fourth-order valence-electron chi connectivity index (χ4n) is 2.06. The van der Waals surface area contributed by atoms with Gasteiger partial charge in [-0.25, -0.2) is 0 Å². The van der Waals surface area contributed by atoms with Gasteiger partial charge >= 0.3 is 0 Å². The fourth-order valence-corrected chi connectivity index (χ4v) is 2.06. The molecular formula is C13H16N2. The van der Waals surface area contributed by atoms with Crippen molar-refractivity contribution in [1.29, 1.82) is 5.26 Å². The summed E-state index contributed by atoms with van der Waals surface area (Å²) in [5, 5.41) is 12.6. The Kier molecular flexibility index (Phi) is 2.75. The van der Waals surface area contributed by atoms with Crippen LogP contribution < -0.4 is 5.32 Å². The molecule has 15 heavy (non-hydrogen) atoms. The smallest absolute Gasteiger partial charge is 0.107 e. The Balaban J connectivity index is 2.04. The molecule has 2 heteroatoms. The lowest BCUT2D eigenvalue weighted by atomic mass is 9.77. The third-order valence-corrected chi connectivity index (χ3v) is 3.21. The standard InChI is InChI=1S/C13H16N2/c1-11(12-6-3-2-4-7-12)15-13(10-14)8-5-9-13/h2-4,6-7,11,15H,5,8-9H2,1H3. The first kappa shape index (κ1) is 10.2. The van der Waals surface area contributed by atoms with E-state index >= 15 is 0 Å². The molecule has 0 spiro atoms. The van der Waals surface area contributed by atoms with Crippen LogP contribution >= 0.6 is 0 Å². The van der Waals surface area contributed by atoms with Gasteiger partial charge in [0.2, 0.25) is 0 Å². The average Bonchev–Trinajstić information content (AvgIpc) is 2.24. The van der Waals surface area contributed by atoms with Crippen LogP contribution in [0.2, 0.25) is 0 Å². The SMILES string of the molecule is CC(NC1(C#N)CCC1)c1ccccc1. The van der Waals surface area contributed by atoms with Crippen LogP contribution in [0.15, 0.2) is 30.3 Å². The van der Waals surface area contributed by atoms with Gasteiger partial charge in [0.15, 0.2) is 0 Å². The Morgan fingerprint density at radius 1 is 1.33 bits per heavy atom. The summed E-state index contributed by atoms with van der Waals surface area (Å²) in [6, 6.07) is 12.9. The van der Waals surface area contributed by atoms with Crippen molar-refractivity contribution < 1.29 is 0 Å². The zero-order valence-corrected chi connectivity index (χ0v) is 9.03. The minimum atomic E-state index is -0.255. The lowest BCUT2D eigenvalue weighted by molar-refractivity contribution is 0.233. The van der Waals surface area contributed by atoms with E-state index < -0.39 is 0 Å². The molecule has 2 nitrogen and oxygen atoms in total. The van der Waals surface area contributed by atoms with Gasteiger partial charge in [0.25, 0.3) is 0 Å². The molecule has 1 aliphatic carbocycles. The van der Waals surface area contributed by atoms with E-state index in [1.54, 1.807) is 0 Å². The average molecular weight is 200 g/mol. The Bertz CT molecular complexity index is 360. The Labute approximate surface area is 90.9 Å². The Hall–Kier alpha value is -1.33. The van der Waals surface area contributed by atoms with Crippen molar-refractivity contribution in [2.75, 3.05) is 0 Å². The molecular weight excluding hydrogens is 184 g/mol. The normalized spacial score (nSPS) is 20.0. The van der Waals surface area contributed by atoms with E-state index in [2.05, 4.69) is 30.4 Å². The van der Waals surface area contributed by atoms with Crippen molar-refractivity contribution >= 4 is 0 Å². The molecule has 1 aromatic carbocycles. The summed E-state index contributed by atoms with van der Waals surface area (Å²) in [7, 11) is 0. The van der Waals surface area contributed by atoms with Crippen molar-refractivity contribution in [2.24, 2.45) is 0 Å². The molecule has 0 aliphatic heterocycles. The van der Waals surface area contributed by atoms with Gasteiger partial charge in [0.1, 0.15) is 5.54 Å². The second-order valence-corrected chi connectivity index (χ2v) is 4.32. The summed E-state index contributed by atoms with van der Waals surface area (Å²) >= 11 is 0. The number of nitriles is 1. The van der Waals surface area contributed by atoms with E-state index in [0.29, 0.717) is 0 Å². The maximum absolute atomic E-state index is 9.12. The third-order valence-electron chi connectivity index (χ3n) is 3.21. The number of rotatable bonds is 3. The highest BCUT2D eigenvalue weighted by Crippen LogP contribution is 2.33. The molecule has 1 N–H and O–H groups in total. The van der Waals surface area contributed by atoms with Crippen molar-refractivity contribution in [1.82, 2.24) is 5.32 Å². The number of nitrogens with one attached hydrogen (secondary N) is 1. The predicted molar refractivity (Wildman–Crippen MR) is 60.2 cm³/mol. The zero-order chi connectivity index (χ0) is 10.7. The Morgan fingerprint density at radius 3 is 2.47 bits per heavy atom. The molecule has 0 amide bonds. The summed E-state index contributed by atoms with van der Waals surface area (Å²) in [5.41, 5.74) is 0.994. The van der Waals surface area contributed by atoms with Gasteiger partial charge in [0.05, 0.1) is 6.07 Å². The highest BCUT2D eigenvalue weighted by Gasteiger charge is 2.37. The van der Waals surface area contributed by atoms with E-state index in [0.717, 1.165) is 12.8 Å². The molecule has 1 fully saturated rings. The first-order chi connectivity index (χ1) is 7.26. The van der Waals surface area contributed by atoms with Crippen LogP contribution in [0.5, 0.6) is 0 Å². The minimum Gasteiger partial charge on any atom is -0.293 e. The Morgan fingerprint density at radius 2 is 2.00 bits per heavy atom. The van der Waals surface area contributed by atoms with E-state index in [1.165, 1.54) is 12.0 Å². The molecule has 1 saturated carbocycles. The second kappa shape index (κ2) is 4.04. The van der Waals surface area contributed by atoms with Gasteiger partial charge in [-0.1, -0.05) is 30.3 Å². The summed E-state index contributed by atoms with van der Waals surface area (Å²) < 4.78 is 0. The fraction of sp³-hybridized carbons (Fsp3) is 0.462. The lowest BCUT2D eigenvalue weighted by Crippen LogP contribution is -2.50. The summed E-state index contributed by atoms with van der Waals surface area (Å²) in [5.74, 6) is 0. The highest BCUT2D eigenvalue weighted by atomic mass is 15.0. The third kappa shape index (κ3) is 2.03. The molecule has 78 valence electrons. The van der Waals surface area contributed by atoms with E-state index in [-0.39, 0.29) is 11.6 Å². The van der Waals surface area contributed by atoms with Gasteiger partial charge in [-0.2, -0.15) is 5.26 Å². The maximum atomic E-state index is 9.12. The topological polar surface area (TPSA) is 35.8 Å².